The number of hydrogen-bond donors (Lipinski definition) is 1. The highest BCUT2D eigenvalue weighted by Gasteiger charge is 2.33. The van der Waals surface area contributed by atoms with Crippen LogP contribution in [0.5, 0.6) is 0 Å². The average Bonchev–Trinajstić information content (AvgIpc) is 2.73. The van der Waals surface area contributed by atoms with E-state index in [1.165, 1.54) is 6.07 Å². The molecule has 0 bridgehead atoms. The van der Waals surface area contributed by atoms with Gasteiger partial charge in [0.25, 0.3) is 5.82 Å². The monoisotopic (exact) mass is 400 g/mol. The van der Waals surface area contributed by atoms with Gasteiger partial charge in [-0.3, -0.25) is 9.69 Å². The van der Waals surface area contributed by atoms with E-state index in [2.05, 4.69) is 10.3 Å². The van der Waals surface area contributed by atoms with E-state index >= 15 is 0 Å². The standard InChI is InChI=1S/C22H20F3N3O/c23-22(24,25)18-6-8-20(26-14-18)28-11-9-16(10-12-28)21(29)27-19-7-5-15-3-1-2-4-17(15)13-19/h1-8,13-14,16H,9-12H2,(H,27,29)/p+1. The highest BCUT2D eigenvalue weighted by atomic mass is 19.4. The summed E-state index contributed by atoms with van der Waals surface area (Å²) in [6.45, 7) is 1.22. The topological polar surface area (TPSA) is 46.5 Å². The quantitative estimate of drug-likeness (QED) is 0.702. The van der Waals surface area contributed by atoms with Gasteiger partial charge in [0.15, 0.2) is 0 Å². The number of piperidine rings is 1. The molecule has 4 nitrogen and oxygen atoms in total. The molecule has 1 aromatic heterocycles. The van der Waals surface area contributed by atoms with E-state index in [9.17, 15) is 18.0 Å². The van der Waals surface area contributed by atoms with Gasteiger partial charge in [-0.15, -0.1) is 0 Å². The summed E-state index contributed by atoms with van der Waals surface area (Å²) < 4.78 is 38.1. The van der Waals surface area contributed by atoms with Crippen LogP contribution in [-0.4, -0.2) is 19.0 Å². The normalized spacial score (nSPS) is 15.5. The highest BCUT2D eigenvalue weighted by molar-refractivity contribution is 5.95. The molecule has 0 radical (unpaired) electrons. The van der Waals surface area contributed by atoms with E-state index in [1.54, 1.807) is 0 Å². The largest absolute Gasteiger partial charge is 0.419 e. The van der Waals surface area contributed by atoms with Crippen LogP contribution in [0, 0.1) is 5.92 Å². The van der Waals surface area contributed by atoms with Crippen LogP contribution in [0.2, 0.25) is 0 Å². The molecule has 0 aliphatic carbocycles. The van der Waals surface area contributed by atoms with Crippen molar-refractivity contribution in [2.24, 2.45) is 5.92 Å². The van der Waals surface area contributed by atoms with Gasteiger partial charge in [-0.1, -0.05) is 30.3 Å². The Hall–Kier alpha value is -3.09. The fraction of sp³-hybridized carbons (Fsp3) is 0.273. The number of anilines is 2. The molecule has 29 heavy (non-hydrogen) atoms. The number of carbonyl (C=O) groups excluding carboxylic acids is 1. The summed E-state index contributed by atoms with van der Waals surface area (Å²) >= 11 is 0. The molecule has 2 N–H and O–H groups in total. The van der Waals surface area contributed by atoms with E-state index in [1.807, 2.05) is 47.4 Å². The van der Waals surface area contributed by atoms with Gasteiger partial charge in [0, 0.05) is 17.7 Å². The van der Waals surface area contributed by atoms with Gasteiger partial charge in [-0.2, -0.15) is 13.2 Å². The molecule has 1 aliphatic rings. The minimum absolute atomic E-state index is 0.0173. The number of halogens is 3. The van der Waals surface area contributed by atoms with Crippen molar-refractivity contribution in [3.8, 4) is 0 Å². The fourth-order valence-corrected chi connectivity index (χ4v) is 3.68. The summed E-state index contributed by atoms with van der Waals surface area (Å²) in [5.74, 6) is 0.495. The molecule has 0 atom stereocenters. The first kappa shape index (κ1) is 19.2. The number of nitrogens with one attached hydrogen (secondary N) is 2. The predicted molar refractivity (Wildman–Crippen MR) is 106 cm³/mol. The molecule has 3 aromatic rings. The van der Waals surface area contributed by atoms with Crippen molar-refractivity contribution in [1.29, 1.82) is 0 Å². The minimum Gasteiger partial charge on any atom is -0.326 e. The second kappa shape index (κ2) is 7.73. The zero-order valence-corrected chi connectivity index (χ0v) is 15.7. The summed E-state index contributed by atoms with van der Waals surface area (Å²) in [5, 5.41) is 5.18. The Bertz CT molecular complexity index is 1010. The number of aromatic nitrogens is 1. The number of amides is 1. The molecule has 1 saturated heterocycles. The van der Waals surface area contributed by atoms with Crippen LogP contribution >= 0.6 is 0 Å². The first-order valence-electron chi connectivity index (χ1n) is 9.54. The van der Waals surface area contributed by atoms with Crippen molar-refractivity contribution >= 4 is 28.2 Å². The van der Waals surface area contributed by atoms with Crippen molar-refractivity contribution in [2.45, 2.75) is 19.0 Å². The van der Waals surface area contributed by atoms with E-state index in [4.69, 9.17) is 0 Å². The average molecular weight is 400 g/mol. The Morgan fingerprint density at radius 3 is 2.38 bits per heavy atom. The van der Waals surface area contributed by atoms with Gasteiger partial charge in [-0.25, -0.2) is 4.98 Å². The molecule has 2 heterocycles. The van der Waals surface area contributed by atoms with Crippen LogP contribution in [0.3, 0.4) is 0 Å². The van der Waals surface area contributed by atoms with E-state index in [-0.39, 0.29) is 11.8 Å². The molecule has 1 amide bonds. The predicted octanol–water partition coefficient (Wildman–Crippen LogP) is 4.53. The number of rotatable bonds is 3. The number of nitrogens with zero attached hydrogens (tertiary/aromatic N) is 1. The Kier molecular flexibility index (Phi) is 5.13. The molecule has 1 fully saturated rings. The second-order valence-corrected chi connectivity index (χ2v) is 7.27. The third-order valence-corrected chi connectivity index (χ3v) is 5.35. The van der Waals surface area contributed by atoms with Crippen molar-refractivity contribution < 1.29 is 22.9 Å². The maximum atomic E-state index is 12.7. The van der Waals surface area contributed by atoms with Gasteiger partial charge in [0.2, 0.25) is 5.91 Å². The Morgan fingerprint density at radius 1 is 1.00 bits per heavy atom. The van der Waals surface area contributed by atoms with Gasteiger partial charge in [-0.05, 0) is 41.8 Å². The molecule has 7 heteroatoms. The van der Waals surface area contributed by atoms with Crippen LogP contribution in [-0.2, 0) is 11.0 Å². The first-order valence-corrected chi connectivity index (χ1v) is 9.54. The molecular formula is C22H21F3N3O+. The third-order valence-electron chi connectivity index (χ3n) is 5.35. The Morgan fingerprint density at radius 2 is 1.72 bits per heavy atom. The van der Waals surface area contributed by atoms with Crippen LogP contribution < -0.4 is 15.2 Å². The van der Waals surface area contributed by atoms with Crippen molar-refractivity contribution in [3.05, 3.63) is 66.4 Å². The molecule has 0 spiro atoms. The number of alkyl halides is 3. The molecule has 0 saturated carbocycles. The maximum absolute atomic E-state index is 12.7. The van der Waals surface area contributed by atoms with Gasteiger partial charge in [0.1, 0.15) is 6.20 Å². The van der Waals surface area contributed by atoms with Gasteiger partial charge >= 0.3 is 6.18 Å². The van der Waals surface area contributed by atoms with E-state index in [0.29, 0.717) is 31.7 Å². The van der Waals surface area contributed by atoms with Crippen LogP contribution in [0.1, 0.15) is 18.4 Å². The minimum atomic E-state index is -4.36. The molecular weight excluding hydrogens is 379 g/mol. The summed E-state index contributed by atoms with van der Waals surface area (Å²) in [7, 11) is 0. The lowest BCUT2D eigenvalue weighted by Crippen LogP contribution is -2.40. The van der Waals surface area contributed by atoms with Crippen molar-refractivity contribution in [3.63, 3.8) is 0 Å². The SMILES string of the molecule is O=C(Nc1ccc2ccccc2c1)C1CCN(c2ccc(C(F)(F)F)c[nH+]2)CC1. The summed E-state index contributed by atoms with van der Waals surface area (Å²) in [4.78, 5) is 17.3. The maximum Gasteiger partial charge on any atom is 0.419 e. The number of carbonyl (C=O) groups is 1. The van der Waals surface area contributed by atoms with Crippen molar-refractivity contribution in [2.75, 3.05) is 23.3 Å². The van der Waals surface area contributed by atoms with E-state index in [0.717, 1.165) is 28.7 Å². The summed E-state index contributed by atoms with van der Waals surface area (Å²) in [6, 6.07) is 16.3. The zero-order valence-electron chi connectivity index (χ0n) is 15.7. The van der Waals surface area contributed by atoms with Gasteiger partial charge < -0.3 is 5.32 Å². The third kappa shape index (κ3) is 4.34. The Labute approximate surface area is 166 Å². The van der Waals surface area contributed by atoms with Crippen LogP contribution in [0.4, 0.5) is 24.7 Å². The second-order valence-electron chi connectivity index (χ2n) is 7.27. The van der Waals surface area contributed by atoms with Crippen LogP contribution in [0.25, 0.3) is 10.8 Å². The number of hydrogen-bond acceptors (Lipinski definition) is 2. The summed E-state index contributed by atoms with van der Waals surface area (Å²) in [6.07, 6.45) is -2.08. The summed E-state index contributed by atoms with van der Waals surface area (Å²) in [5.41, 5.74) is 0.0677. The number of pyridine rings is 1. The highest BCUT2D eigenvalue weighted by Crippen LogP contribution is 2.29. The fourth-order valence-electron chi connectivity index (χ4n) is 3.68. The molecule has 4 rings (SSSR count). The number of H-pyrrole nitrogens is 1. The lowest BCUT2D eigenvalue weighted by atomic mass is 9.95. The lowest BCUT2D eigenvalue weighted by molar-refractivity contribution is -0.367. The van der Waals surface area contributed by atoms with Crippen LogP contribution in [0.15, 0.2) is 60.8 Å². The molecule has 150 valence electrons. The molecule has 1 aliphatic heterocycles. The smallest absolute Gasteiger partial charge is 0.326 e. The lowest BCUT2D eigenvalue weighted by Gasteiger charge is -2.27. The Balaban J connectivity index is 1.35. The van der Waals surface area contributed by atoms with Gasteiger partial charge in [0.05, 0.1) is 18.7 Å². The molecule has 0 unspecified atom stereocenters. The zero-order chi connectivity index (χ0) is 20.4. The number of fused-ring (bicyclic) bond motifs is 1. The van der Waals surface area contributed by atoms with E-state index < -0.39 is 11.7 Å². The van der Waals surface area contributed by atoms with Crippen molar-refractivity contribution in [1.82, 2.24) is 0 Å². The number of aromatic amines is 1. The number of benzene rings is 2. The molecule has 2 aromatic carbocycles. The first-order chi connectivity index (χ1) is 13.9.